The molecule has 0 rings (SSSR count). The summed E-state index contributed by atoms with van der Waals surface area (Å²) in [5, 5.41) is 2.51. The van der Waals surface area contributed by atoms with Gasteiger partial charge >= 0.3 is 11.6 Å². The number of nitrogens with zero attached hydrogens (tertiary/aromatic N) is 4. The summed E-state index contributed by atoms with van der Waals surface area (Å²) in [7, 11) is 0. The molecule has 0 aromatic carbocycles. The average Bonchev–Trinajstić information content (AvgIpc) is 2.03. The van der Waals surface area contributed by atoms with E-state index in [1.807, 2.05) is 6.92 Å². The molecule has 0 unspecified atom stereocenters. The first kappa shape index (κ1) is 9.65. The van der Waals surface area contributed by atoms with Crippen molar-refractivity contribution in [2.24, 2.45) is 0 Å². The van der Waals surface area contributed by atoms with Crippen molar-refractivity contribution in [1.82, 2.24) is 5.11 Å². The van der Waals surface area contributed by atoms with E-state index >= 15 is 0 Å². The zero-order chi connectivity index (χ0) is 8.69. The Bertz CT molecular complexity index is 205. The number of unbranched alkanes of at least 4 members (excludes halogenated alkanes) is 1. The molecular formula is C6H9N4O. The van der Waals surface area contributed by atoms with Gasteiger partial charge in [-0.15, -0.1) is 0 Å². The smallest absolute Gasteiger partial charge is 0.417 e. The topological polar surface area (TPSA) is 89.9 Å². The van der Waals surface area contributed by atoms with Crippen molar-refractivity contribution in [3.8, 4) is 0 Å². The van der Waals surface area contributed by atoms with Crippen molar-refractivity contribution in [1.29, 1.82) is 0 Å². The lowest BCUT2D eigenvalue weighted by atomic mass is 10.2. The molecular weight excluding hydrogens is 144 g/mol. The first-order valence-corrected chi connectivity index (χ1v) is 3.36. The quantitative estimate of drug-likeness (QED) is 0.253. The molecule has 5 heteroatoms. The Kier molecular flexibility index (Phi) is 4.77. The summed E-state index contributed by atoms with van der Waals surface area (Å²) in [5.74, 6) is -0.977. The Morgan fingerprint density at radius 2 is 2.09 bits per heavy atom. The van der Waals surface area contributed by atoms with E-state index < -0.39 is 11.6 Å². The molecule has 0 saturated carbocycles. The van der Waals surface area contributed by atoms with E-state index in [1.165, 1.54) is 0 Å². The largest absolute Gasteiger partial charge is 0.642 e. The molecule has 59 valence electrons. The lowest BCUT2D eigenvalue weighted by Crippen LogP contribution is -2.18. The second kappa shape index (κ2) is 5.44. The molecule has 0 saturated heterocycles. The van der Waals surface area contributed by atoms with E-state index in [1.54, 1.807) is 0 Å². The standard InChI is InChI=1S/C6H9N4O/c1-2-3-4-5(11)6(9-7)10-8/h2-4H2,1H3. The second-order valence-electron chi connectivity index (χ2n) is 2.05. The van der Waals surface area contributed by atoms with Crippen LogP contribution in [0.3, 0.4) is 0 Å². The van der Waals surface area contributed by atoms with E-state index in [-0.39, 0.29) is 6.42 Å². The zero-order valence-electron chi connectivity index (χ0n) is 6.32. The van der Waals surface area contributed by atoms with Gasteiger partial charge in [-0.3, -0.25) is 4.79 Å². The molecule has 11 heavy (non-hydrogen) atoms. The fourth-order valence-corrected chi connectivity index (χ4v) is 0.581. The van der Waals surface area contributed by atoms with Crippen LogP contribution in [0.2, 0.25) is 0 Å². The Morgan fingerprint density at radius 3 is 2.45 bits per heavy atom. The number of rotatable bonds is 4. The van der Waals surface area contributed by atoms with Gasteiger partial charge in [-0.2, -0.15) is 0 Å². The molecule has 5 nitrogen and oxygen atoms in total. The van der Waals surface area contributed by atoms with Crippen LogP contribution < -0.4 is 5.11 Å². The van der Waals surface area contributed by atoms with Crippen LogP contribution in [0.5, 0.6) is 0 Å². The Balaban J connectivity index is 4.02. The molecule has 0 spiro atoms. The van der Waals surface area contributed by atoms with Crippen LogP contribution in [0.25, 0.3) is 11.1 Å². The SMILES string of the molecule is CCCCC(=O)C([N+]=[N-])=[N+]=[N-]. The third-order valence-electron chi connectivity index (χ3n) is 1.20. The molecule has 0 aromatic rings. The molecule has 0 aromatic heterocycles. The zero-order valence-corrected chi connectivity index (χ0v) is 6.32. The number of hydrogen-bond donors (Lipinski definition) is 0. The van der Waals surface area contributed by atoms with Crippen LogP contribution in [0.4, 0.5) is 0 Å². The number of carbonyl (C=O) groups is 1. The molecule has 0 atom stereocenters. The normalized spacial score (nSPS) is 8.45. The molecule has 0 heterocycles. The first-order chi connectivity index (χ1) is 5.26. The van der Waals surface area contributed by atoms with Crippen LogP contribution >= 0.6 is 0 Å². The molecule has 1 radical (unpaired) electrons. The van der Waals surface area contributed by atoms with Gasteiger partial charge in [0.15, 0.2) is 0 Å². The van der Waals surface area contributed by atoms with Crippen LogP contribution in [-0.2, 0) is 4.79 Å². The maximum atomic E-state index is 10.8. The second-order valence-corrected chi connectivity index (χ2v) is 2.05. The van der Waals surface area contributed by atoms with Gasteiger partial charge in [0, 0.05) is 6.42 Å². The molecule has 0 aliphatic rings. The van der Waals surface area contributed by atoms with Gasteiger partial charge in [-0.1, -0.05) is 18.1 Å². The van der Waals surface area contributed by atoms with Crippen molar-refractivity contribution in [2.75, 3.05) is 0 Å². The van der Waals surface area contributed by atoms with Gasteiger partial charge in [0.25, 0.3) is 0 Å². The summed E-state index contributed by atoms with van der Waals surface area (Å²) in [4.78, 5) is 13.3. The van der Waals surface area contributed by atoms with Crippen LogP contribution in [0.1, 0.15) is 26.2 Å². The lowest BCUT2D eigenvalue weighted by molar-refractivity contribution is -0.117. The predicted molar refractivity (Wildman–Crippen MR) is 38.7 cm³/mol. The minimum atomic E-state index is -0.529. The van der Waals surface area contributed by atoms with Crippen LogP contribution in [0.15, 0.2) is 0 Å². The fraction of sp³-hybridized carbons (Fsp3) is 0.667. The van der Waals surface area contributed by atoms with E-state index in [0.29, 0.717) is 6.42 Å². The van der Waals surface area contributed by atoms with E-state index in [2.05, 4.69) is 9.90 Å². The average molecular weight is 153 g/mol. The van der Waals surface area contributed by atoms with E-state index in [0.717, 1.165) is 6.42 Å². The van der Waals surface area contributed by atoms with Crippen LogP contribution in [0, 0.1) is 0 Å². The summed E-state index contributed by atoms with van der Waals surface area (Å²) < 4.78 is 0. The number of hydrogen-bond acceptors (Lipinski definition) is 1. The summed E-state index contributed by atoms with van der Waals surface area (Å²) >= 11 is 0. The van der Waals surface area contributed by atoms with Gasteiger partial charge in [0.2, 0.25) is 0 Å². The van der Waals surface area contributed by atoms with E-state index in [4.69, 9.17) is 11.1 Å². The maximum Gasteiger partial charge on any atom is 0.642 e. The summed E-state index contributed by atoms with van der Waals surface area (Å²) in [6, 6.07) is 0. The molecule has 0 amide bonds. The van der Waals surface area contributed by atoms with E-state index in [9.17, 15) is 4.79 Å². The monoisotopic (exact) mass is 153 g/mol. The van der Waals surface area contributed by atoms with Gasteiger partial charge in [0.05, 0.1) is 5.11 Å². The third kappa shape index (κ3) is 3.37. The molecule has 0 N–H and O–H groups in total. The van der Waals surface area contributed by atoms with Gasteiger partial charge in [0.1, 0.15) is 0 Å². The number of Topliss-reactive ketones (excluding diaryl/α,β-unsaturated/α-hetero) is 1. The highest BCUT2D eigenvalue weighted by Crippen LogP contribution is 1.94. The predicted octanol–water partition coefficient (Wildman–Crippen LogP) is 0.731. The Morgan fingerprint density at radius 1 is 1.45 bits per heavy atom. The van der Waals surface area contributed by atoms with Crippen molar-refractivity contribution in [3.05, 3.63) is 11.1 Å². The Hall–Kier alpha value is -1.35. The molecule has 0 aliphatic heterocycles. The minimum absolute atomic E-state index is 0.250. The molecule has 0 aliphatic carbocycles. The highest BCUT2D eigenvalue weighted by Gasteiger charge is 2.26. The summed E-state index contributed by atoms with van der Waals surface area (Å²) in [6.07, 6.45) is 1.82. The fourth-order valence-electron chi connectivity index (χ4n) is 0.581. The highest BCUT2D eigenvalue weighted by molar-refractivity contribution is 6.35. The highest BCUT2D eigenvalue weighted by atomic mass is 16.1. The van der Waals surface area contributed by atoms with Crippen molar-refractivity contribution in [3.63, 3.8) is 0 Å². The summed E-state index contributed by atoms with van der Waals surface area (Å²) in [6.45, 7) is 1.93. The number of amidine groups is 1. The maximum absolute atomic E-state index is 10.8. The van der Waals surface area contributed by atoms with Crippen molar-refractivity contribution in [2.45, 2.75) is 26.2 Å². The minimum Gasteiger partial charge on any atom is -0.417 e. The Labute approximate surface area is 64.5 Å². The molecule has 0 fully saturated rings. The third-order valence-corrected chi connectivity index (χ3v) is 1.20. The van der Waals surface area contributed by atoms with Crippen molar-refractivity contribution < 1.29 is 9.58 Å². The van der Waals surface area contributed by atoms with Gasteiger partial charge < -0.3 is 11.1 Å². The first-order valence-electron chi connectivity index (χ1n) is 3.36. The lowest BCUT2D eigenvalue weighted by Gasteiger charge is -1.84. The van der Waals surface area contributed by atoms with Gasteiger partial charge in [-0.05, 0) is 6.42 Å². The molecule has 0 bridgehead atoms. The number of carbonyl (C=O) groups excluding carboxylic acids is 1. The number of ketones is 1. The van der Waals surface area contributed by atoms with Crippen LogP contribution in [-0.4, -0.2) is 16.4 Å². The van der Waals surface area contributed by atoms with Gasteiger partial charge in [-0.25, -0.2) is 0 Å². The summed E-state index contributed by atoms with van der Waals surface area (Å²) in [5.41, 5.74) is 16.2. The van der Waals surface area contributed by atoms with Crippen molar-refractivity contribution >= 4 is 11.6 Å².